The molecule has 0 aliphatic carbocycles. The predicted octanol–water partition coefficient (Wildman–Crippen LogP) is 7.24. The molecule has 5 atom stereocenters. The quantitative estimate of drug-likeness (QED) is 0.0155. The fourth-order valence-electron chi connectivity index (χ4n) is 10.1. The van der Waals surface area contributed by atoms with Crippen LogP contribution in [-0.4, -0.2) is 115 Å². The number of para-hydroxylation sites is 1. The minimum Gasteiger partial charge on any atom is -0.478 e. The summed E-state index contributed by atoms with van der Waals surface area (Å²) in [5.41, 5.74) is 10.2. The summed E-state index contributed by atoms with van der Waals surface area (Å²) in [7, 11) is 3.70. The molecule has 1 aliphatic rings. The maximum atomic E-state index is 14.1. The zero-order valence-electron chi connectivity index (χ0n) is 51.8. The summed E-state index contributed by atoms with van der Waals surface area (Å²) in [6, 6.07) is 25.2. The molecule has 86 heavy (non-hydrogen) atoms. The van der Waals surface area contributed by atoms with Crippen LogP contribution >= 0.6 is 0 Å². The Bertz CT molecular complexity index is 3120. The molecule has 462 valence electrons. The Labute approximate surface area is 506 Å². The van der Waals surface area contributed by atoms with Crippen molar-refractivity contribution in [1.82, 2.24) is 36.8 Å². The fourth-order valence-corrected chi connectivity index (χ4v) is 10.1. The maximum absolute atomic E-state index is 14.1. The van der Waals surface area contributed by atoms with E-state index in [2.05, 4.69) is 74.7 Å². The number of hydrogen-bond donors (Lipinski definition) is 9. The zero-order valence-corrected chi connectivity index (χ0v) is 51.8. The Hall–Kier alpha value is -8.54. The molecule has 20 nitrogen and oxygen atoms in total. The first-order valence-corrected chi connectivity index (χ1v) is 29.2. The standard InChI is InChI=1S/C66H88N10O10/c1-41(2)53(36-43(5)62(82)83)75(12)39-54(65(6,7)8)73-61(81)58(68-11)66(9,10)49-29-23-44(24-30-49)37-70-64(85)86-40-45-25-31-50(32-26-45)71-59(79)51(21-17-35-69-63(67)84)72-60(80)57(42(3)4)74-55(77)33-34-56(78)76-38-48-20-14-13-18-46(48)27-28-47-19-15-16-22-52(47)76/h13-16,18-20,22-26,29-32,36,41-42,51,53-54,57-58,68H,17,21,33-35,37-40H2,1-12H3,(H,70,85)(H,71,79)(H,72,80)(H,73,81)(H,74,77)(H,82,83)(H3,67,69,84)/b43-36+/t51-,53+,54+,57-,58+/m0/s1. The summed E-state index contributed by atoms with van der Waals surface area (Å²) in [5.74, 6) is 2.95. The molecule has 4 aromatic carbocycles. The van der Waals surface area contributed by atoms with Gasteiger partial charge in [-0.1, -0.05) is 147 Å². The first kappa shape index (κ1) is 68.2. The lowest BCUT2D eigenvalue weighted by atomic mass is 9.76. The second-order valence-corrected chi connectivity index (χ2v) is 24.2. The molecule has 5 rings (SSSR count). The van der Waals surface area contributed by atoms with Crippen molar-refractivity contribution in [3.05, 3.63) is 142 Å². The molecule has 0 unspecified atom stereocenters. The average Bonchev–Trinajstić information content (AvgIpc) is 1.86. The van der Waals surface area contributed by atoms with Gasteiger partial charge < -0.3 is 57.7 Å². The number of urea groups is 1. The van der Waals surface area contributed by atoms with Gasteiger partial charge in [-0.3, -0.25) is 28.9 Å². The molecule has 0 spiro atoms. The SMILES string of the molecule is CN[C@H](C(=O)N[C@H](CN(C)[C@H](/C=C(\C)C(=O)O)C(C)C)C(C)(C)C)C(C)(C)c1ccc(CNC(=O)OCc2ccc(NC(=O)[C@H](CCCNC(N)=O)NC(=O)[C@@H](NC(=O)CCC(=O)N3Cc4ccccc4C#Cc4ccccc43)C(C)C)cc2)cc1. The average molecular weight is 1180 g/mol. The zero-order chi connectivity index (χ0) is 63.5. The van der Waals surface area contributed by atoms with Crippen molar-refractivity contribution >= 4 is 59.0 Å². The summed E-state index contributed by atoms with van der Waals surface area (Å²) in [6.07, 6.45) is 1.14. The van der Waals surface area contributed by atoms with Crippen LogP contribution < -0.4 is 47.9 Å². The summed E-state index contributed by atoms with van der Waals surface area (Å²) in [4.78, 5) is 109. The van der Waals surface area contributed by atoms with Crippen LogP contribution in [-0.2, 0) is 58.6 Å². The number of carboxylic acids is 1. The first-order chi connectivity index (χ1) is 40.6. The van der Waals surface area contributed by atoms with Crippen LogP contribution in [0.3, 0.4) is 0 Å². The smallest absolute Gasteiger partial charge is 0.407 e. The third-order valence-corrected chi connectivity index (χ3v) is 15.4. The number of carbonyl (C=O) groups is 8. The van der Waals surface area contributed by atoms with Crippen LogP contribution in [0.15, 0.2) is 109 Å². The molecular weight excluding hydrogens is 1090 g/mol. The summed E-state index contributed by atoms with van der Waals surface area (Å²) >= 11 is 0. The molecule has 0 saturated carbocycles. The van der Waals surface area contributed by atoms with Crippen molar-refractivity contribution in [3.8, 4) is 11.8 Å². The van der Waals surface area contributed by atoms with E-state index in [0.29, 0.717) is 29.0 Å². The number of nitrogens with zero attached hydrogens (tertiary/aromatic N) is 2. The molecule has 0 fully saturated rings. The summed E-state index contributed by atoms with van der Waals surface area (Å²) in [6.45, 7) is 20.3. The highest BCUT2D eigenvalue weighted by Gasteiger charge is 2.39. The van der Waals surface area contributed by atoms with Crippen molar-refractivity contribution in [1.29, 1.82) is 0 Å². The Morgan fingerprint density at radius 1 is 0.756 bits per heavy atom. The highest BCUT2D eigenvalue weighted by molar-refractivity contribution is 6.00. The monoisotopic (exact) mass is 1180 g/mol. The normalized spacial score (nSPS) is 14.1. The predicted molar refractivity (Wildman–Crippen MR) is 333 cm³/mol. The summed E-state index contributed by atoms with van der Waals surface area (Å²) in [5, 5.41) is 29.7. The number of benzene rings is 4. The largest absolute Gasteiger partial charge is 0.478 e. The fraction of sp³-hybridized carbons (Fsp3) is 0.455. The van der Waals surface area contributed by atoms with E-state index < -0.39 is 65.3 Å². The molecule has 10 N–H and O–H groups in total. The van der Waals surface area contributed by atoms with Crippen LogP contribution in [0, 0.1) is 29.1 Å². The first-order valence-electron chi connectivity index (χ1n) is 29.2. The number of hydrogen-bond acceptors (Lipinski definition) is 11. The van der Waals surface area contributed by atoms with Crippen molar-refractivity contribution in [2.45, 2.75) is 150 Å². The van der Waals surface area contributed by atoms with E-state index in [0.717, 1.165) is 22.3 Å². The molecule has 0 bridgehead atoms. The Morgan fingerprint density at radius 3 is 2.00 bits per heavy atom. The number of carboxylic acid groups (broad SMARTS) is 1. The lowest BCUT2D eigenvalue weighted by molar-refractivity contribution is -0.132. The molecule has 8 amide bonds. The van der Waals surface area contributed by atoms with E-state index in [1.807, 2.05) is 108 Å². The van der Waals surface area contributed by atoms with Gasteiger partial charge in [0, 0.05) is 72.4 Å². The number of fused-ring (bicyclic) bond motifs is 2. The van der Waals surface area contributed by atoms with E-state index in [1.54, 1.807) is 63.1 Å². The second-order valence-electron chi connectivity index (χ2n) is 24.2. The minimum atomic E-state index is -1.10. The number of aliphatic carboxylic acids is 1. The third kappa shape index (κ3) is 20.0. The number of amides is 8. The number of primary amides is 1. The minimum absolute atomic E-state index is 0.0787. The number of ether oxygens (including phenoxy) is 1. The number of alkyl carbamates (subject to hydrolysis) is 1. The molecule has 1 aliphatic heterocycles. The van der Waals surface area contributed by atoms with Gasteiger partial charge in [0.25, 0.3) is 0 Å². The van der Waals surface area contributed by atoms with E-state index in [-0.39, 0.29) is 92.7 Å². The van der Waals surface area contributed by atoms with Crippen LogP contribution in [0.2, 0.25) is 0 Å². The second kappa shape index (κ2) is 31.6. The van der Waals surface area contributed by atoms with Gasteiger partial charge in [-0.25, -0.2) is 14.4 Å². The topological polar surface area (TPSA) is 283 Å². The number of nitrogens with one attached hydrogen (secondary N) is 7. The van der Waals surface area contributed by atoms with Gasteiger partial charge in [0.15, 0.2) is 0 Å². The number of carbonyl (C=O) groups excluding carboxylic acids is 7. The lowest BCUT2D eigenvalue weighted by Crippen LogP contribution is -2.59. The van der Waals surface area contributed by atoms with Crippen LogP contribution in [0.25, 0.3) is 0 Å². The van der Waals surface area contributed by atoms with Gasteiger partial charge >= 0.3 is 18.1 Å². The van der Waals surface area contributed by atoms with Crippen molar-refractivity contribution in [3.63, 3.8) is 0 Å². The van der Waals surface area contributed by atoms with E-state index in [4.69, 9.17) is 10.5 Å². The number of likely N-dealkylation sites (N-methyl/N-ethyl adjacent to an activating group) is 2. The van der Waals surface area contributed by atoms with Crippen molar-refractivity contribution < 1.29 is 48.2 Å². The van der Waals surface area contributed by atoms with E-state index in [1.165, 1.54) is 0 Å². The number of anilines is 2. The van der Waals surface area contributed by atoms with Crippen LogP contribution in [0.5, 0.6) is 0 Å². The Kier molecular flexibility index (Phi) is 25.0. The van der Waals surface area contributed by atoms with Gasteiger partial charge in [-0.2, -0.15) is 0 Å². The van der Waals surface area contributed by atoms with Gasteiger partial charge in [-0.15, -0.1) is 0 Å². The number of rotatable bonds is 28. The molecule has 0 aromatic heterocycles. The highest BCUT2D eigenvalue weighted by atomic mass is 16.5. The van der Waals surface area contributed by atoms with Crippen molar-refractivity contribution in [2.24, 2.45) is 23.0 Å². The van der Waals surface area contributed by atoms with Crippen molar-refractivity contribution in [2.75, 3.05) is 37.4 Å². The Balaban J connectivity index is 1.13. The van der Waals surface area contributed by atoms with Gasteiger partial charge in [0.05, 0.1) is 18.3 Å². The number of nitrogens with two attached hydrogens (primary N) is 1. The maximum Gasteiger partial charge on any atom is 0.407 e. The lowest BCUT2D eigenvalue weighted by Gasteiger charge is -2.40. The molecule has 20 heteroatoms. The Morgan fingerprint density at radius 2 is 1.38 bits per heavy atom. The molecule has 0 radical (unpaired) electrons. The molecule has 4 aromatic rings. The van der Waals surface area contributed by atoms with Gasteiger partial charge in [0.1, 0.15) is 18.7 Å². The summed E-state index contributed by atoms with van der Waals surface area (Å²) < 4.78 is 5.50. The molecular formula is C66H88N10O10. The van der Waals surface area contributed by atoms with Crippen LogP contribution in [0.1, 0.15) is 128 Å². The van der Waals surface area contributed by atoms with E-state index in [9.17, 15) is 43.5 Å². The van der Waals surface area contributed by atoms with E-state index >= 15 is 0 Å². The third-order valence-electron chi connectivity index (χ3n) is 15.4. The molecule has 0 saturated heterocycles. The van der Waals surface area contributed by atoms with Gasteiger partial charge in [0.2, 0.25) is 29.5 Å². The molecule has 1 heterocycles. The highest BCUT2D eigenvalue weighted by Crippen LogP contribution is 2.30. The van der Waals surface area contributed by atoms with Gasteiger partial charge in [-0.05, 0) is 104 Å². The van der Waals surface area contributed by atoms with Crippen LogP contribution in [0.4, 0.5) is 21.0 Å².